The maximum absolute atomic E-state index is 13.2. The minimum Gasteiger partial charge on any atom is -0.494 e. The Hall–Kier alpha value is -1.95. The van der Waals surface area contributed by atoms with E-state index in [2.05, 4.69) is 26.2 Å². The van der Waals surface area contributed by atoms with E-state index < -0.39 is 5.82 Å². The molecule has 1 aromatic heterocycles. The fourth-order valence-electron chi connectivity index (χ4n) is 1.46. The summed E-state index contributed by atoms with van der Waals surface area (Å²) in [5.41, 5.74) is 0.292. The summed E-state index contributed by atoms with van der Waals surface area (Å²) in [4.78, 5) is 16.0. The van der Waals surface area contributed by atoms with Crippen LogP contribution in [0, 0.1) is 5.82 Å². The van der Waals surface area contributed by atoms with Gasteiger partial charge in [-0.3, -0.25) is 4.79 Å². The van der Waals surface area contributed by atoms with Gasteiger partial charge in [0.2, 0.25) is 0 Å². The van der Waals surface area contributed by atoms with Gasteiger partial charge in [0.25, 0.3) is 5.91 Å². The number of carbonyl (C=O) groups is 1. The van der Waals surface area contributed by atoms with Crippen molar-refractivity contribution in [3.05, 3.63) is 52.4 Å². The van der Waals surface area contributed by atoms with Gasteiger partial charge in [-0.25, -0.2) is 9.37 Å². The molecule has 0 aliphatic rings. The third-order valence-corrected chi connectivity index (χ3v) is 2.87. The molecular formula is C13H10BrFN2O2. The first-order valence-electron chi connectivity index (χ1n) is 5.36. The molecule has 0 spiro atoms. The first kappa shape index (κ1) is 13.5. The number of anilines is 1. The summed E-state index contributed by atoms with van der Waals surface area (Å²) in [6.07, 6.45) is 1.56. The smallest absolute Gasteiger partial charge is 0.256 e. The van der Waals surface area contributed by atoms with E-state index in [4.69, 9.17) is 4.74 Å². The molecule has 2 aromatic rings. The fourth-order valence-corrected chi connectivity index (χ4v) is 1.80. The number of halogens is 2. The zero-order valence-electron chi connectivity index (χ0n) is 9.98. The van der Waals surface area contributed by atoms with Gasteiger partial charge in [-0.05, 0) is 30.3 Å². The number of hydrogen-bond acceptors (Lipinski definition) is 3. The molecule has 0 atom stereocenters. The van der Waals surface area contributed by atoms with Crippen LogP contribution >= 0.6 is 15.9 Å². The third-order valence-electron chi connectivity index (χ3n) is 2.38. The zero-order valence-corrected chi connectivity index (χ0v) is 11.6. The summed E-state index contributed by atoms with van der Waals surface area (Å²) < 4.78 is 18.9. The van der Waals surface area contributed by atoms with Gasteiger partial charge in [-0.2, -0.15) is 0 Å². The Bertz CT molecular complexity index is 619. The van der Waals surface area contributed by atoms with E-state index >= 15 is 0 Å². The number of rotatable bonds is 3. The van der Waals surface area contributed by atoms with Gasteiger partial charge in [0.15, 0.2) is 11.6 Å². The Morgan fingerprint density at radius 2 is 2.16 bits per heavy atom. The number of pyridine rings is 1. The number of aromatic nitrogens is 1. The summed E-state index contributed by atoms with van der Waals surface area (Å²) in [6, 6.07) is 7.31. The largest absolute Gasteiger partial charge is 0.494 e. The van der Waals surface area contributed by atoms with Gasteiger partial charge in [-0.1, -0.05) is 15.9 Å². The molecule has 0 radical (unpaired) electrons. The van der Waals surface area contributed by atoms with Crippen molar-refractivity contribution in [1.82, 2.24) is 4.98 Å². The van der Waals surface area contributed by atoms with E-state index in [-0.39, 0.29) is 11.7 Å². The molecular weight excluding hydrogens is 315 g/mol. The molecule has 0 saturated carbocycles. The van der Waals surface area contributed by atoms with Crippen LogP contribution in [-0.2, 0) is 0 Å². The number of nitrogens with one attached hydrogen (secondary N) is 1. The highest BCUT2D eigenvalue weighted by atomic mass is 79.9. The summed E-state index contributed by atoms with van der Waals surface area (Å²) >= 11 is 3.28. The standard InChI is InChI=1S/C13H10BrFN2O2/c1-19-11-6-8(2-3-10(11)15)13(18)17-12-7-9(14)4-5-16-12/h2-7H,1H3,(H,16,17,18). The Labute approximate surface area is 117 Å². The van der Waals surface area contributed by atoms with Crippen molar-refractivity contribution in [2.45, 2.75) is 0 Å². The summed E-state index contributed by atoms with van der Waals surface area (Å²) in [5.74, 6) is -0.471. The molecule has 2 rings (SSSR count). The van der Waals surface area contributed by atoms with Crippen LogP contribution in [0.4, 0.5) is 10.2 Å². The molecule has 98 valence electrons. The molecule has 1 heterocycles. The number of benzene rings is 1. The highest BCUT2D eigenvalue weighted by Gasteiger charge is 2.11. The van der Waals surface area contributed by atoms with Gasteiger partial charge in [-0.15, -0.1) is 0 Å². The molecule has 0 unspecified atom stereocenters. The van der Waals surface area contributed by atoms with Crippen LogP contribution in [-0.4, -0.2) is 18.0 Å². The quantitative estimate of drug-likeness (QED) is 0.942. The normalized spacial score (nSPS) is 10.1. The summed E-state index contributed by atoms with van der Waals surface area (Å²) in [7, 11) is 1.34. The monoisotopic (exact) mass is 324 g/mol. The molecule has 0 fully saturated rings. The summed E-state index contributed by atoms with van der Waals surface area (Å²) in [5, 5.41) is 2.61. The highest BCUT2D eigenvalue weighted by Crippen LogP contribution is 2.19. The van der Waals surface area contributed by atoms with Crippen molar-refractivity contribution in [2.75, 3.05) is 12.4 Å². The maximum Gasteiger partial charge on any atom is 0.256 e. The topological polar surface area (TPSA) is 51.2 Å². The first-order valence-corrected chi connectivity index (χ1v) is 6.16. The van der Waals surface area contributed by atoms with Gasteiger partial charge < -0.3 is 10.1 Å². The third kappa shape index (κ3) is 3.29. The predicted molar refractivity (Wildman–Crippen MR) is 72.8 cm³/mol. The lowest BCUT2D eigenvalue weighted by Gasteiger charge is -2.07. The van der Waals surface area contributed by atoms with Crippen molar-refractivity contribution in [3.63, 3.8) is 0 Å². The van der Waals surface area contributed by atoms with E-state index in [0.29, 0.717) is 11.4 Å². The van der Waals surface area contributed by atoms with Crippen LogP contribution in [0.2, 0.25) is 0 Å². The van der Waals surface area contributed by atoms with Crippen molar-refractivity contribution in [2.24, 2.45) is 0 Å². The van der Waals surface area contributed by atoms with Crippen molar-refractivity contribution >= 4 is 27.7 Å². The molecule has 1 N–H and O–H groups in total. The fraction of sp³-hybridized carbons (Fsp3) is 0.0769. The number of ether oxygens (including phenoxy) is 1. The summed E-state index contributed by atoms with van der Waals surface area (Å²) in [6.45, 7) is 0. The lowest BCUT2D eigenvalue weighted by molar-refractivity contribution is 0.102. The van der Waals surface area contributed by atoms with Crippen molar-refractivity contribution in [3.8, 4) is 5.75 Å². The molecule has 6 heteroatoms. The van der Waals surface area contributed by atoms with Crippen LogP contribution in [0.3, 0.4) is 0 Å². The van der Waals surface area contributed by atoms with E-state index in [1.807, 2.05) is 0 Å². The number of amides is 1. The second kappa shape index (κ2) is 5.79. The Morgan fingerprint density at radius 1 is 1.37 bits per heavy atom. The Morgan fingerprint density at radius 3 is 2.84 bits per heavy atom. The molecule has 19 heavy (non-hydrogen) atoms. The Kier molecular flexibility index (Phi) is 4.11. The molecule has 4 nitrogen and oxygen atoms in total. The minimum atomic E-state index is -0.514. The van der Waals surface area contributed by atoms with E-state index in [1.165, 1.54) is 25.3 Å². The average Bonchev–Trinajstić information content (AvgIpc) is 2.39. The van der Waals surface area contributed by atoms with Crippen molar-refractivity contribution < 1.29 is 13.9 Å². The van der Waals surface area contributed by atoms with Crippen LogP contribution in [0.25, 0.3) is 0 Å². The first-order chi connectivity index (χ1) is 9.10. The maximum atomic E-state index is 13.2. The van der Waals surface area contributed by atoms with Crippen LogP contribution < -0.4 is 10.1 Å². The number of nitrogens with zero attached hydrogens (tertiary/aromatic N) is 1. The highest BCUT2D eigenvalue weighted by molar-refractivity contribution is 9.10. The minimum absolute atomic E-state index is 0.0230. The molecule has 0 bridgehead atoms. The van der Waals surface area contributed by atoms with E-state index in [0.717, 1.165) is 4.47 Å². The Balaban J connectivity index is 2.20. The van der Waals surface area contributed by atoms with Crippen LogP contribution in [0.1, 0.15) is 10.4 Å². The van der Waals surface area contributed by atoms with Crippen LogP contribution in [0.15, 0.2) is 41.0 Å². The van der Waals surface area contributed by atoms with E-state index in [1.54, 1.807) is 18.3 Å². The second-order valence-electron chi connectivity index (χ2n) is 3.66. The average molecular weight is 325 g/mol. The molecule has 1 aromatic carbocycles. The molecule has 1 amide bonds. The number of methoxy groups -OCH3 is 1. The van der Waals surface area contributed by atoms with Crippen LogP contribution in [0.5, 0.6) is 5.75 Å². The molecule has 0 aliphatic carbocycles. The SMILES string of the molecule is COc1cc(C(=O)Nc2cc(Br)ccn2)ccc1F. The zero-order chi connectivity index (χ0) is 13.8. The van der Waals surface area contributed by atoms with Gasteiger partial charge >= 0.3 is 0 Å². The van der Waals surface area contributed by atoms with E-state index in [9.17, 15) is 9.18 Å². The molecule has 0 aliphatic heterocycles. The predicted octanol–water partition coefficient (Wildman–Crippen LogP) is 3.24. The lowest BCUT2D eigenvalue weighted by atomic mass is 10.2. The number of hydrogen-bond donors (Lipinski definition) is 1. The lowest BCUT2D eigenvalue weighted by Crippen LogP contribution is -2.13. The second-order valence-corrected chi connectivity index (χ2v) is 4.58. The van der Waals surface area contributed by atoms with Gasteiger partial charge in [0.05, 0.1) is 7.11 Å². The van der Waals surface area contributed by atoms with Gasteiger partial charge in [0, 0.05) is 16.2 Å². The van der Waals surface area contributed by atoms with Gasteiger partial charge in [0.1, 0.15) is 5.82 Å². The molecule has 0 saturated heterocycles. The number of carbonyl (C=O) groups excluding carboxylic acids is 1. The van der Waals surface area contributed by atoms with Crippen molar-refractivity contribution in [1.29, 1.82) is 0 Å².